The van der Waals surface area contributed by atoms with Gasteiger partial charge in [-0.25, -0.2) is 0 Å². The Hall–Kier alpha value is -1.88. The van der Waals surface area contributed by atoms with Gasteiger partial charge < -0.3 is 16.0 Å². The lowest BCUT2D eigenvalue weighted by atomic mass is 10.0. The summed E-state index contributed by atoms with van der Waals surface area (Å²) in [7, 11) is 0. The van der Waals surface area contributed by atoms with E-state index in [9.17, 15) is 9.59 Å². The highest BCUT2D eigenvalue weighted by atomic mass is 16.2. The normalized spacial score (nSPS) is 12.6. The number of rotatable bonds is 6. The van der Waals surface area contributed by atoms with E-state index in [1.807, 2.05) is 26.0 Å². The number of amides is 2. The van der Waals surface area contributed by atoms with Crippen molar-refractivity contribution in [1.29, 1.82) is 0 Å². The third kappa shape index (κ3) is 5.48. The van der Waals surface area contributed by atoms with Gasteiger partial charge in [0, 0.05) is 23.8 Å². The molecule has 0 radical (unpaired) electrons. The second-order valence-electron chi connectivity index (χ2n) is 6.30. The van der Waals surface area contributed by atoms with Crippen LogP contribution in [0, 0.1) is 6.92 Å². The summed E-state index contributed by atoms with van der Waals surface area (Å²) < 4.78 is 0. The van der Waals surface area contributed by atoms with Gasteiger partial charge in [-0.2, -0.15) is 0 Å². The summed E-state index contributed by atoms with van der Waals surface area (Å²) in [5.41, 5.74) is 2.24. The van der Waals surface area contributed by atoms with Gasteiger partial charge >= 0.3 is 0 Å². The molecule has 0 heterocycles. The molecular formula is C17H27N3O2. The molecule has 3 N–H and O–H groups in total. The zero-order valence-electron chi connectivity index (χ0n) is 14.3. The highest BCUT2D eigenvalue weighted by Gasteiger charge is 2.22. The maximum absolute atomic E-state index is 12.3. The molecule has 1 aromatic carbocycles. The topological polar surface area (TPSA) is 70.2 Å². The summed E-state index contributed by atoms with van der Waals surface area (Å²) in [6.07, 6.45) is 0.932. The van der Waals surface area contributed by atoms with Crippen LogP contribution >= 0.6 is 0 Å². The van der Waals surface area contributed by atoms with Crippen molar-refractivity contribution in [1.82, 2.24) is 5.32 Å². The highest BCUT2D eigenvalue weighted by molar-refractivity contribution is 5.96. The Morgan fingerprint density at radius 1 is 1.23 bits per heavy atom. The average molecular weight is 305 g/mol. The van der Waals surface area contributed by atoms with Crippen LogP contribution in [0.3, 0.4) is 0 Å². The zero-order chi connectivity index (χ0) is 16.9. The van der Waals surface area contributed by atoms with Gasteiger partial charge in [0.15, 0.2) is 0 Å². The molecule has 22 heavy (non-hydrogen) atoms. The fourth-order valence-electron chi connectivity index (χ4n) is 2.03. The quantitative estimate of drug-likeness (QED) is 0.756. The van der Waals surface area contributed by atoms with E-state index in [0.29, 0.717) is 11.4 Å². The predicted octanol–water partition coefficient (Wildman–Crippen LogP) is 3.06. The summed E-state index contributed by atoms with van der Waals surface area (Å²) in [6.45, 7) is 11.4. The second kappa shape index (κ2) is 7.40. The van der Waals surface area contributed by atoms with Gasteiger partial charge in [-0.05, 0) is 51.8 Å². The predicted molar refractivity (Wildman–Crippen MR) is 91.1 cm³/mol. The van der Waals surface area contributed by atoms with Crippen molar-refractivity contribution in [2.75, 3.05) is 10.6 Å². The van der Waals surface area contributed by atoms with E-state index >= 15 is 0 Å². The van der Waals surface area contributed by atoms with Gasteiger partial charge in [0.25, 0.3) is 0 Å². The molecule has 0 aliphatic heterocycles. The monoisotopic (exact) mass is 305 g/mol. The second-order valence-corrected chi connectivity index (χ2v) is 6.30. The highest BCUT2D eigenvalue weighted by Crippen LogP contribution is 2.20. The molecule has 1 rings (SSSR count). The molecule has 1 aromatic rings. The first-order chi connectivity index (χ1) is 10.1. The standard InChI is InChI=1S/C17H27N3O2/c1-7-17(5,6)20-12(3)16(22)19-14-9-8-11(2)15(10-14)18-13(4)21/h8-10,12,20H,7H2,1-6H3,(H,18,21)(H,19,22). The minimum Gasteiger partial charge on any atom is -0.326 e. The molecule has 0 fully saturated rings. The summed E-state index contributed by atoms with van der Waals surface area (Å²) in [4.78, 5) is 23.5. The molecule has 2 amide bonds. The molecule has 122 valence electrons. The van der Waals surface area contributed by atoms with Crippen LogP contribution in [0.25, 0.3) is 0 Å². The third-order valence-electron chi connectivity index (χ3n) is 3.70. The van der Waals surface area contributed by atoms with E-state index in [1.165, 1.54) is 6.92 Å². The van der Waals surface area contributed by atoms with Crippen molar-refractivity contribution in [3.63, 3.8) is 0 Å². The SMILES string of the molecule is CCC(C)(C)NC(C)C(=O)Nc1ccc(C)c(NC(C)=O)c1. The Bertz CT molecular complexity index is 553. The van der Waals surface area contributed by atoms with Gasteiger partial charge in [0.1, 0.15) is 0 Å². The van der Waals surface area contributed by atoms with Crippen LogP contribution in [0.2, 0.25) is 0 Å². The molecule has 1 atom stereocenters. The van der Waals surface area contributed by atoms with Crippen molar-refractivity contribution in [2.24, 2.45) is 0 Å². The van der Waals surface area contributed by atoms with Crippen molar-refractivity contribution in [2.45, 2.75) is 59.5 Å². The molecule has 5 heteroatoms. The first-order valence-electron chi connectivity index (χ1n) is 7.61. The molecule has 0 saturated carbocycles. The largest absolute Gasteiger partial charge is 0.326 e. The number of nitrogens with one attached hydrogen (secondary N) is 3. The molecule has 0 spiro atoms. The fourth-order valence-corrected chi connectivity index (χ4v) is 2.03. The van der Waals surface area contributed by atoms with E-state index in [-0.39, 0.29) is 23.4 Å². The summed E-state index contributed by atoms with van der Waals surface area (Å²) in [6, 6.07) is 5.16. The summed E-state index contributed by atoms with van der Waals surface area (Å²) in [5, 5.41) is 8.94. The van der Waals surface area contributed by atoms with Crippen LogP contribution in [0.4, 0.5) is 11.4 Å². The number of carbonyl (C=O) groups is 2. The van der Waals surface area contributed by atoms with E-state index in [2.05, 4.69) is 36.7 Å². The smallest absolute Gasteiger partial charge is 0.241 e. The van der Waals surface area contributed by atoms with Gasteiger partial charge in [-0.15, -0.1) is 0 Å². The van der Waals surface area contributed by atoms with Crippen molar-refractivity contribution < 1.29 is 9.59 Å². The van der Waals surface area contributed by atoms with E-state index in [1.54, 1.807) is 6.07 Å². The first kappa shape index (κ1) is 18.2. The molecule has 5 nitrogen and oxygen atoms in total. The van der Waals surface area contributed by atoms with Crippen molar-refractivity contribution in [3.8, 4) is 0 Å². The molecule has 0 aliphatic carbocycles. The van der Waals surface area contributed by atoms with Crippen LogP contribution in [0.15, 0.2) is 18.2 Å². The maximum Gasteiger partial charge on any atom is 0.241 e. The van der Waals surface area contributed by atoms with E-state index in [0.717, 1.165) is 12.0 Å². The lowest BCUT2D eigenvalue weighted by Crippen LogP contribution is -2.49. The Morgan fingerprint density at radius 2 is 1.86 bits per heavy atom. The first-order valence-corrected chi connectivity index (χ1v) is 7.61. The third-order valence-corrected chi connectivity index (χ3v) is 3.70. The van der Waals surface area contributed by atoms with Crippen LogP contribution in [-0.4, -0.2) is 23.4 Å². The number of hydrogen-bond acceptors (Lipinski definition) is 3. The minimum atomic E-state index is -0.305. The van der Waals surface area contributed by atoms with Crippen LogP contribution < -0.4 is 16.0 Å². The molecular weight excluding hydrogens is 278 g/mol. The van der Waals surface area contributed by atoms with Gasteiger partial charge in [-0.3, -0.25) is 9.59 Å². The maximum atomic E-state index is 12.3. The molecule has 1 unspecified atom stereocenters. The Balaban J connectivity index is 2.78. The Morgan fingerprint density at radius 3 is 2.41 bits per heavy atom. The molecule has 0 saturated heterocycles. The van der Waals surface area contributed by atoms with Crippen molar-refractivity contribution >= 4 is 23.2 Å². The van der Waals surface area contributed by atoms with E-state index < -0.39 is 0 Å². The zero-order valence-corrected chi connectivity index (χ0v) is 14.3. The number of carbonyl (C=O) groups excluding carboxylic acids is 2. The molecule has 0 aromatic heterocycles. The number of hydrogen-bond donors (Lipinski definition) is 3. The van der Waals surface area contributed by atoms with Gasteiger partial charge in [0.05, 0.1) is 6.04 Å². The van der Waals surface area contributed by atoms with Crippen molar-refractivity contribution in [3.05, 3.63) is 23.8 Å². The van der Waals surface area contributed by atoms with Gasteiger partial charge in [-0.1, -0.05) is 13.0 Å². The summed E-state index contributed by atoms with van der Waals surface area (Å²) in [5.74, 6) is -0.231. The average Bonchev–Trinajstić information content (AvgIpc) is 2.41. The fraction of sp³-hybridized carbons (Fsp3) is 0.529. The van der Waals surface area contributed by atoms with E-state index in [4.69, 9.17) is 0 Å². The number of anilines is 2. The van der Waals surface area contributed by atoms with Crippen LogP contribution in [0.1, 0.15) is 46.6 Å². The van der Waals surface area contributed by atoms with Crippen LogP contribution in [-0.2, 0) is 9.59 Å². The van der Waals surface area contributed by atoms with Crippen LogP contribution in [0.5, 0.6) is 0 Å². The number of benzene rings is 1. The lowest BCUT2D eigenvalue weighted by molar-refractivity contribution is -0.118. The lowest BCUT2D eigenvalue weighted by Gasteiger charge is -2.28. The Labute approximate surface area is 132 Å². The number of aryl methyl sites for hydroxylation is 1. The summed E-state index contributed by atoms with van der Waals surface area (Å²) >= 11 is 0. The Kier molecular flexibility index (Phi) is 6.11. The molecule has 0 aliphatic rings. The van der Waals surface area contributed by atoms with Gasteiger partial charge in [0.2, 0.25) is 11.8 Å². The molecule has 0 bridgehead atoms. The minimum absolute atomic E-state index is 0.0919.